The van der Waals surface area contributed by atoms with Gasteiger partial charge in [0.2, 0.25) is 0 Å². The van der Waals surface area contributed by atoms with Crippen molar-refractivity contribution in [3.05, 3.63) is 65.2 Å². The summed E-state index contributed by atoms with van der Waals surface area (Å²) in [6.07, 6.45) is 3.05. The third-order valence-corrected chi connectivity index (χ3v) is 7.76. The number of aryl methyl sites for hydroxylation is 1. The van der Waals surface area contributed by atoms with E-state index in [9.17, 15) is 4.79 Å². The highest BCUT2D eigenvalue weighted by molar-refractivity contribution is 5.93. The molecule has 0 bridgehead atoms. The summed E-state index contributed by atoms with van der Waals surface area (Å²) in [7, 11) is 1.71. The van der Waals surface area contributed by atoms with Gasteiger partial charge in [-0.1, -0.05) is 70.2 Å². The van der Waals surface area contributed by atoms with Crippen molar-refractivity contribution < 1.29 is 19.0 Å². The number of aliphatic imine (C=N–C) groups is 1. The van der Waals surface area contributed by atoms with E-state index in [0.717, 1.165) is 36.3 Å². The van der Waals surface area contributed by atoms with Gasteiger partial charge in [-0.05, 0) is 67.2 Å². The smallest absolute Gasteiger partial charge is 0.310 e. The molecule has 5 heteroatoms. The Labute approximate surface area is 230 Å². The second-order valence-electron chi connectivity index (χ2n) is 11.4. The van der Waals surface area contributed by atoms with Gasteiger partial charge < -0.3 is 14.2 Å². The largest absolute Gasteiger partial charge is 0.493 e. The third kappa shape index (κ3) is 8.42. The molecule has 208 valence electrons. The molecule has 4 atom stereocenters. The van der Waals surface area contributed by atoms with Crippen molar-refractivity contribution in [3.63, 3.8) is 0 Å². The molecule has 0 saturated carbocycles. The minimum Gasteiger partial charge on any atom is -0.493 e. The van der Waals surface area contributed by atoms with E-state index in [1.54, 1.807) is 7.11 Å². The van der Waals surface area contributed by atoms with Crippen LogP contribution in [0, 0.1) is 30.6 Å². The van der Waals surface area contributed by atoms with Crippen LogP contribution in [0.2, 0.25) is 0 Å². The molecule has 0 radical (unpaired) electrons. The Balaban J connectivity index is 1.83. The molecule has 0 aliphatic carbocycles. The summed E-state index contributed by atoms with van der Waals surface area (Å²) in [5.74, 6) is 1.85. The lowest BCUT2D eigenvalue weighted by atomic mass is 9.82. The first-order chi connectivity index (χ1) is 18.2. The van der Waals surface area contributed by atoms with Crippen LogP contribution in [0.25, 0.3) is 0 Å². The molecule has 3 rings (SSSR count). The summed E-state index contributed by atoms with van der Waals surface area (Å²) < 4.78 is 17.2. The first-order valence-electron chi connectivity index (χ1n) is 14.2. The number of methoxy groups -OCH3 is 1. The Bertz CT molecular complexity index is 1050. The normalized spacial score (nSPS) is 19.6. The lowest BCUT2D eigenvalue weighted by Crippen LogP contribution is -2.27. The van der Waals surface area contributed by atoms with Crippen molar-refractivity contribution in [2.24, 2.45) is 28.7 Å². The van der Waals surface area contributed by atoms with E-state index in [-0.39, 0.29) is 30.0 Å². The van der Waals surface area contributed by atoms with Gasteiger partial charge in [0.25, 0.3) is 0 Å². The van der Waals surface area contributed by atoms with Crippen LogP contribution in [0.3, 0.4) is 0 Å². The minimum atomic E-state index is -0.250. The summed E-state index contributed by atoms with van der Waals surface area (Å²) in [6, 6.07) is 16.9. The fraction of sp³-hybridized carbons (Fsp3) is 0.576. The van der Waals surface area contributed by atoms with Crippen LogP contribution in [0.4, 0.5) is 0 Å². The Morgan fingerprint density at radius 2 is 1.79 bits per heavy atom. The van der Waals surface area contributed by atoms with E-state index in [4.69, 9.17) is 19.2 Å². The number of ether oxygens (including phenoxy) is 3. The molecule has 0 amide bonds. The van der Waals surface area contributed by atoms with Crippen LogP contribution in [0.5, 0.6) is 5.75 Å². The second-order valence-corrected chi connectivity index (χ2v) is 11.4. The van der Waals surface area contributed by atoms with E-state index in [2.05, 4.69) is 84.0 Å². The predicted molar refractivity (Wildman–Crippen MR) is 155 cm³/mol. The molecule has 1 heterocycles. The Morgan fingerprint density at radius 1 is 1.05 bits per heavy atom. The van der Waals surface area contributed by atoms with Gasteiger partial charge in [-0.2, -0.15) is 0 Å². The van der Waals surface area contributed by atoms with Crippen molar-refractivity contribution in [3.8, 4) is 5.75 Å². The molecule has 2 aromatic carbocycles. The van der Waals surface area contributed by atoms with E-state index in [1.807, 2.05) is 6.07 Å². The zero-order valence-electron chi connectivity index (χ0n) is 24.4. The molecule has 0 N–H and O–H groups in total. The third-order valence-electron chi connectivity index (χ3n) is 7.76. The molecule has 1 fully saturated rings. The summed E-state index contributed by atoms with van der Waals surface area (Å²) in [4.78, 5) is 17.9. The molecule has 0 spiro atoms. The van der Waals surface area contributed by atoms with Gasteiger partial charge in [-0.15, -0.1) is 0 Å². The molecule has 5 nitrogen and oxygen atoms in total. The van der Waals surface area contributed by atoms with Crippen molar-refractivity contribution in [2.75, 3.05) is 20.3 Å². The maximum Gasteiger partial charge on any atom is 0.310 e. The maximum atomic E-state index is 12.7. The fourth-order valence-electron chi connectivity index (χ4n) is 5.10. The van der Waals surface area contributed by atoms with Crippen molar-refractivity contribution >= 4 is 11.7 Å². The van der Waals surface area contributed by atoms with Crippen LogP contribution >= 0.6 is 0 Å². The number of benzene rings is 2. The summed E-state index contributed by atoms with van der Waals surface area (Å²) in [5, 5.41) is 0. The van der Waals surface area contributed by atoms with Crippen LogP contribution in [0.1, 0.15) is 76.6 Å². The Hall–Kier alpha value is -2.66. The number of hydrogen-bond acceptors (Lipinski definition) is 5. The van der Waals surface area contributed by atoms with E-state index in [0.29, 0.717) is 31.5 Å². The first-order valence-corrected chi connectivity index (χ1v) is 14.2. The molecule has 1 aliphatic rings. The van der Waals surface area contributed by atoms with Crippen LogP contribution in [0.15, 0.2) is 53.5 Å². The molecule has 0 aromatic heterocycles. The summed E-state index contributed by atoms with van der Waals surface area (Å²) >= 11 is 0. The molecule has 1 aliphatic heterocycles. The lowest BCUT2D eigenvalue weighted by Gasteiger charge is -2.25. The van der Waals surface area contributed by atoms with E-state index >= 15 is 0 Å². The molecular formula is C33H47NO4. The monoisotopic (exact) mass is 521 g/mol. The number of nitrogens with zero attached hydrogens (tertiary/aromatic N) is 1. The summed E-state index contributed by atoms with van der Waals surface area (Å²) in [5.41, 5.74) is 4.59. The molecule has 1 saturated heterocycles. The van der Waals surface area contributed by atoms with Gasteiger partial charge in [-0.3, -0.25) is 9.79 Å². The maximum absolute atomic E-state index is 12.7. The Morgan fingerprint density at radius 3 is 2.42 bits per heavy atom. The molecule has 2 aromatic rings. The highest BCUT2D eigenvalue weighted by atomic mass is 16.6. The number of hydrogen-bond donors (Lipinski definition) is 0. The number of esters is 1. The first kappa shape index (κ1) is 29.9. The summed E-state index contributed by atoms with van der Waals surface area (Å²) in [6.45, 7) is 14.3. The second kappa shape index (κ2) is 14.5. The number of cyclic esters (lactones) is 1. The van der Waals surface area contributed by atoms with Crippen LogP contribution < -0.4 is 4.74 Å². The average Bonchev–Trinajstić information content (AvgIpc) is 3.29. The number of carbonyl (C=O) groups excluding carboxylic acids is 1. The Kier molecular flexibility index (Phi) is 11.4. The SMILES string of the molecule is COCCCOc1cc(C[C@@H](C/C(=N/[C@H](C)c2ccccc2)C2C[C@@H](C(C)C)C(=O)O2)C(C)C)ccc1C. The van der Waals surface area contributed by atoms with Crippen molar-refractivity contribution in [1.29, 1.82) is 0 Å². The van der Waals surface area contributed by atoms with Gasteiger partial charge in [0.1, 0.15) is 11.9 Å². The average molecular weight is 522 g/mol. The van der Waals surface area contributed by atoms with Gasteiger partial charge in [0.05, 0.1) is 24.3 Å². The molecular weight excluding hydrogens is 474 g/mol. The molecule has 1 unspecified atom stereocenters. The predicted octanol–water partition coefficient (Wildman–Crippen LogP) is 7.41. The fourth-order valence-corrected chi connectivity index (χ4v) is 5.10. The van der Waals surface area contributed by atoms with Gasteiger partial charge in [0, 0.05) is 26.6 Å². The van der Waals surface area contributed by atoms with Crippen molar-refractivity contribution in [1.82, 2.24) is 0 Å². The highest BCUT2D eigenvalue weighted by Gasteiger charge is 2.39. The van der Waals surface area contributed by atoms with Crippen molar-refractivity contribution in [2.45, 2.75) is 79.4 Å². The van der Waals surface area contributed by atoms with Crippen LogP contribution in [-0.4, -0.2) is 38.1 Å². The van der Waals surface area contributed by atoms with E-state index in [1.165, 1.54) is 11.1 Å². The lowest BCUT2D eigenvalue weighted by molar-refractivity contribution is -0.143. The zero-order chi connectivity index (χ0) is 27.7. The minimum absolute atomic E-state index is 0.00212. The number of carbonyl (C=O) groups is 1. The standard InChI is InChI=1S/C33H47NO4/c1-22(2)28(18-26-15-14-24(5)31(19-26)37-17-11-16-36-7)20-30(32-21-29(23(3)4)33(35)38-32)34-25(6)27-12-9-8-10-13-27/h8-10,12-15,19,22-23,25,28-29,32H,11,16-18,20-21H2,1-7H3/b34-30-/t25-,28+,29+,32?/m1/s1. The highest BCUT2D eigenvalue weighted by Crippen LogP contribution is 2.33. The number of rotatable bonds is 14. The van der Waals surface area contributed by atoms with Crippen LogP contribution in [-0.2, 0) is 20.7 Å². The molecule has 38 heavy (non-hydrogen) atoms. The van der Waals surface area contributed by atoms with Gasteiger partial charge in [-0.25, -0.2) is 0 Å². The quantitative estimate of drug-likeness (QED) is 0.148. The van der Waals surface area contributed by atoms with Gasteiger partial charge >= 0.3 is 5.97 Å². The topological polar surface area (TPSA) is 57.1 Å². The zero-order valence-corrected chi connectivity index (χ0v) is 24.4. The van der Waals surface area contributed by atoms with Gasteiger partial charge in [0.15, 0.2) is 0 Å². The van der Waals surface area contributed by atoms with E-state index < -0.39 is 0 Å².